The first kappa shape index (κ1) is 19.1. The Balaban J connectivity index is 1.75. The highest BCUT2D eigenvalue weighted by Gasteiger charge is 2.06. The van der Waals surface area contributed by atoms with Gasteiger partial charge in [-0.1, -0.05) is 17.7 Å². The Morgan fingerprint density at radius 2 is 2.20 bits per heavy atom. The number of benzene rings is 1. The van der Waals surface area contributed by atoms with Crippen molar-refractivity contribution in [1.82, 2.24) is 15.2 Å². The number of halogens is 1. The quantitative estimate of drug-likeness (QED) is 0.608. The Labute approximate surface area is 154 Å². The monoisotopic (exact) mass is 360 g/mol. The molecule has 2 rings (SSSR count). The summed E-state index contributed by atoms with van der Waals surface area (Å²) in [5.74, 6) is 1.62. The van der Waals surface area contributed by atoms with Crippen LogP contribution in [0.4, 0.5) is 0 Å². The third-order valence-corrected chi connectivity index (χ3v) is 4.11. The van der Waals surface area contributed by atoms with Gasteiger partial charge in [-0.15, -0.1) is 0 Å². The number of aliphatic imine (C=N–C) groups is 1. The predicted molar refractivity (Wildman–Crippen MR) is 104 cm³/mol. The SMILES string of the molecule is CN=C(NCCc1ccncc1C)N(C)CCOc1cccc(Cl)c1. The second kappa shape index (κ2) is 9.89. The zero-order chi connectivity index (χ0) is 18.1. The van der Waals surface area contributed by atoms with Gasteiger partial charge in [-0.2, -0.15) is 0 Å². The molecule has 25 heavy (non-hydrogen) atoms. The molecule has 1 heterocycles. The largest absolute Gasteiger partial charge is 0.492 e. The summed E-state index contributed by atoms with van der Waals surface area (Å²) in [4.78, 5) is 10.5. The number of rotatable bonds is 7. The minimum atomic E-state index is 0.557. The Morgan fingerprint density at radius 1 is 1.36 bits per heavy atom. The Kier molecular flexibility index (Phi) is 7.54. The van der Waals surface area contributed by atoms with Gasteiger partial charge in [0, 0.05) is 38.1 Å². The predicted octanol–water partition coefficient (Wildman–Crippen LogP) is 3.17. The molecule has 0 unspecified atom stereocenters. The Bertz CT molecular complexity index is 705. The van der Waals surface area contributed by atoms with Crippen LogP contribution in [0.15, 0.2) is 47.7 Å². The number of ether oxygens (including phenoxy) is 1. The number of aromatic nitrogens is 1. The number of hydrogen-bond acceptors (Lipinski definition) is 3. The van der Waals surface area contributed by atoms with E-state index in [0.717, 1.165) is 31.2 Å². The van der Waals surface area contributed by atoms with Crippen LogP contribution in [0.2, 0.25) is 5.02 Å². The lowest BCUT2D eigenvalue weighted by Crippen LogP contribution is -2.41. The molecular formula is C19H25ClN4O. The minimum absolute atomic E-state index is 0.557. The number of aryl methyl sites for hydroxylation is 1. The zero-order valence-electron chi connectivity index (χ0n) is 15.0. The van der Waals surface area contributed by atoms with Crippen LogP contribution < -0.4 is 10.1 Å². The standard InChI is InChI=1S/C19H25ClN4O/c1-15-14-22-9-7-16(15)8-10-23-19(21-2)24(3)11-12-25-18-6-4-5-17(20)13-18/h4-7,9,13-14H,8,10-12H2,1-3H3,(H,21,23). The lowest BCUT2D eigenvalue weighted by atomic mass is 10.1. The van der Waals surface area contributed by atoms with Gasteiger partial charge >= 0.3 is 0 Å². The van der Waals surface area contributed by atoms with Gasteiger partial charge in [-0.25, -0.2) is 0 Å². The molecule has 0 atom stereocenters. The van der Waals surface area contributed by atoms with Crippen LogP contribution in [0, 0.1) is 6.92 Å². The summed E-state index contributed by atoms with van der Waals surface area (Å²) in [7, 11) is 3.78. The fraction of sp³-hybridized carbons (Fsp3) is 0.368. The summed E-state index contributed by atoms with van der Waals surface area (Å²) in [5.41, 5.74) is 2.51. The Morgan fingerprint density at radius 3 is 2.92 bits per heavy atom. The third-order valence-electron chi connectivity index (χ3n) is 3.88. The third kappa shape index (κ3) is 6.27. The molecule has 0 radical (unpaired) electrons. The van der Waals surface area contributed by atoms with Crippen molar-refractivity contribution < 1.29 is 4.74 Å². The van der Waals surface area contributed by atoms with Gasteiger partial charge < -0.3 is 15.0 Å². The van der Waals surface area contributed by atoms with E-state index in [9.17, 15) is 0 Å². The molecule has 0 saturated carbocycles. The first-order valence-corrected chi connectivity index (χ1v) is 8.67. The molecule has 1 N–H and O–H groups in total. The minimum Gasteiger partial charge on any atom is -0.492 e. The molecule has 0 aliphatic carbocycles. The van der Waals surface area contributed by atoms with Crippen molar-refractivity contribution in [1.29, 1.82) is 0 Å². The van der Waals surface area contributed by atoms with Crippen molar-refractivity contribution in [3.05, 3.63) is 58.9 Å². The molecule has 5 nitrogen and oxygen atoms in total. The molecule has 2 aromatic rings. The molecule has 0 fully saturated rings. The summed E-state index contributed by atoms with van der Waals surface area (Å²) < 4.78 is 5.73. The molecule has 0 spiro atoms. The molecule has 6 heteroatoms. The highest BCUT2D eigenvalue weighted by molar-refractivity contribution is 6.30. The van der Waals surface area contributed by atoms with Crippen LogP contribution in [0.1, 0.15) is 11.1 Å². The lowest BCUT2D eigenvalue weighted by Gasteiger charge is -2.22. The lowest BCUT2D eigenvalue weighted by molar-refractivity contribution is 0.281. The number of hydrogen-bond donors (Lipinski definition) is 1. The van der Waals surface area contributed by atoms with Crippen LogP contribution in [0.5, 0.6) is 5.75 Å². The molecule has 0 aliphatic rings. The van der Waals surface area contributed by atoms with E-state index < -0.39 is 0 Å². The van der Waals surface area contributed by atoms with Crippen molar-refractivity contribution in [2.45, 2.75) is 13.3 Å². The number of nitrogens with one attached hydrogen (secondary N) is 1. The number of guanidine groups is 1. The van der Waals surface area contributed by atoms with E-state index in [0.29, 0.717) is 11.6 Å². The first-order chi connectivity index (χ1) is 12.1. The smallest absolute Gasteiger partial charge is 0.193 e. The number of likely N-dealkylation sites (N-methyl/N-ethyl adjacent to an activating group) is 1. The summed E-state index contributed by atoms with van der Waals surface area (Å²) in [6.07, 6.45) is 4.65. The van der Waals surface area contributed by atoms with E-state index in [4.69, 9.17) is 16.3 Å². The van der Waals surface area contributed by atoms with Gasteiger partial charge in [0.2, 0.25) is 0 Å². The molecule has 0 amide bonds. The maximum absolute atomic E-state index is 5.95. The normalized spacial score (nSPS) is 11.3. The zero-order valence-corrected chi connectivity index (χ0v) is 15.8. The number of nitrogens with zero attached hydrogens (tertiary/aromatic N) is 3. The molecular weight excluding hydrogens is 336 g/mol. The highest BCUT2D eigenvalue weighted by Crippen LogP contribution is 2.16. The fourth-order valence-corrected chi connectivity index (χ4v) is 2.62. The fourth-order valence-electron chi connectivity index (χ4n) is 2.44. The van der Waals surface area contributed by atoms with Crippen molar-refractivity contribution in [2.24, 2.45) is 4.99 Å². The van der Waals surface area contributed by atoms with Crippen molar-refractivity contribution in [3.8, 4) is 5.75 Å². The van der Waals surface area contributed by atoms with Crippen LogP contribution in [-0.2, 0) is 6.42 Å². The topological polar surface area (TPSA) is 49.8 Å². The second-order valence-electron chi connectivity index (χ2n) is 5.75. The van der Waals surface area contributed by atoms with Gasteiger partial charge in [0.25, 0.3) is 0 Å². The van der Waals surface area contributed by atoms with E-state index in [2.05, 4.69) is 28.3 Å². The van der Waals surface area contributed by atoms with Crippen molar-refractivity contribution in [2.75, 3.05) is 33.8 Å². The van der Waals surface area contributed by atoms with Gasteiger partial charge in [-0.3, -0.25) is 9.98 Å². The van der Waals surface area contributed by atoms with Crippen LogP contribution in [0.3, 0.4) is 0 Å². The maximum Gasteiger partial charge on any atom is 0.193 e. The van der Waals surface area contributed by atoms with Crippen LogP contribution >= 0.6 is 11.6 Å². The summed E-state index contributed by atoms with van der Waals surface area (Å²) in [6, 6.07) is 9.48. The van der Waals surface area contributed by atoms with E-state index in [-0.39, 0.29) is 0 Å². The van der Waals surface area contributed by atoms with Crippen LogP contribution in [0.25, 0.3) is 0 Å². The van der Waals surface area contributed by atoms with E-state index in [1.807, 2.05) is 48.6 Å². The summed E-state index contributed by atoms with van der Waals surface area (Å²) in [5, 5.41) is 4.06. The maximum atomic E-state index is 5.95. The summed E-state index contributed by atoms with van der Waals surface area (Å²) in [6.45, 7) is 4.18. The molecule has 0 bridgehead atoms. The van der Waals surface area contributed by atoms with Crippen molar-refractivity contribution >= 4 is 17.6 Å². The first-order valence-electron chi connectivity index (χ1n) is 8.30. The van der Waals surface area contributed by atoms with E-state index >= 15 is 0 Å². The molecule has 1 aromatic heterocycles. The number of pyridine rings is 1. The highest BCUT2D eigenvalue weighted by atomic mass is 35.5. The second-order valence-corrected chi connectivity index (χ2v) is 6.19. The molecule has 0 aliphatic heterocycles. The van der Waals surface area contributed by atoms with Crippen molar-refractivity contribution in [3.63, 3.8) is 0 Å². The van der Waals surface area contributed by atoms with Gasteiger partial charge in [0.1, 0.15) is 12.4 Å². The molecule has 0 saturated heterocycles. The average molecular weight is 361 g/mol. The molecule has 134 valence electrons. The molecule has 1 aromatic carbocycles. The average Bonchev–Trinajstić information content (AvgIpc) is 2.60. The van der Waals surface area contributed by atoms with Gasteiger partial charge in [-0.05, 0) is 48.7 Å². The van der Waals surface area contributed by atoms with Crippen LogP contribution in [-0.4, -0.2) is 49.6 Å². The van der Waals surface area contributed by atoms with E-state index in [1.165, 1.54) is 11.1 Å². The van der Waals surface area contributed by atoms with Gasteiger partial charge in [0.05, 0.1) is 6.54 Å². The van der Waals surface area contributed by atoms with E-state index in [1.54, 1.807) is 7.05 Å². The Hall–Kier alpha value is -2.27. The van der Waals surface area contributed by atoms with Gasteiger partial charge in [0.15, 0.2) is 5.96 Å². The summed E-state index contributed by atoms with van der Waals surface area (Å²) >= 11 is 5.95.